The summed E-state index contributed by atoms with van der Waals surface area (Å²) in [6.07, 6.45) is 3.64. The molecule has 0 saturated carbocycles. The molecule has 0 unspecified atom stereocenters. The predicted octanol–water partition coefficient (Wildman–Crippen LogP) is 2.24. The molecular formula is C16H14FN7. The fourth-order valence-electron chi connectivity index (χ4n) is 2.42. The Morgan fingerprint density at radius 1 is 1.04 bits per heavy atom. The van der Waals surface area contributed by atoms with Crippen molar-refractivity contribution < 1.29 is 4.39 Å². The van der Waals surface area contributed by atoms with E-state index in [4.69, 9.17) is 0 Å². The number of nitrogens with one attached hydrogen (secondary N) is 1. The highest BCUT2D eigenvalue weighted by Gasteiger charge is 2.13. The van der Waals surface area contributed by atoms with Crippen LogP contribution in [-0.4, -0.2) is 36.1 Å². The first-order valence-electron chi connectivity index (χ1n) is 7.50. The molecular weight excluding hydrogens is 309 g/mol. The number of aromatic nitrogens is 6. The number of fused-ring (bicyclic) bond motifs is 1. The SMILES string of the molecule is Fc1ccccc1-c1nnc2ccc(NCCn3cccn3)nn12. The van der Waals surface area contributed by atoms with Gasteiger partial charge in [-0.15, -0.1) is 15.3 Å². The van der Waals surface area contributed by atoms with Gasteiger partial charge in [-0.3, -0.25) is 4.68 Å². The zero-order valence-corrected chi connectivity index (χ0v) is 12.7. The van der Waals surface area contributed by atoms with E-state index in [2.05, 4.69) is 25.7 Å². The molecule has 0 aliphatic rings. The molecule has 1 aromatic carbocycles. The molecule has 24 heavy (non-hydrogen) atoms. The van der Waals surface area contributed by atoms with E-state index in [9.17, 15) is 4.39 Å². The minimum absolute atomic E-state index is 0.356. The van der Waals surface area contributed by atoms with E-state index in [0.717, 1.165) is 6.54 Å². The molecule has 1 N–H and O–H groups in total. The van der Waals surface area contributed by atoms with Gasteiger partial charge in [0, 0.05) is 18.9 Å². The van der Waals surface area contributed by atoms with Gasteiger partial charge in [0.1, 0.15) is 11.6 Å². The van der Waals surface area contributed by atoms with Gasteiger partial charge in [-0.25, -0.2) is 4.39 Å². The maximum absolute atomic E-state index is 14.0. The van der Waals surface area contributed by atoms with Crippen LogP contribution in [0.2, 0.25) is 0 Å². The molecule has 0 radical (unpaired) electrons. The third kappa shape index (κ3) is 2.69. The molecule has 0 bridgehead atoms. The molecule has 0 fully saturated rings. The van der Waals surface area contributed by atoms with Crippen molar-refractivity contribution >= 4 is 11.5 Å². The van der Waals surface area contributed by atoms with Gasteiger partial charge >= 0.3 is 0 Å². The summed E-state index contributed by atoms with van der Waals surface area (Å²) in [4.78, 5) is 0. The second-order valence-electron chi connectivity index (χ2n) is 5.19. The van der Waals surface area contributed by atoms with Gasteiger partial charge in [0.25, 0.3) is 0 Å². The van der Waals surface area contributed by atoms with Gasteiger partial charge in [0.05, 0.1) is 12.1 Å². The first kappa shape index (κ1) is 14.3. The summed E-state index contributed by atoms with van der Waals surface area (Å²) in [6, 6.07) is 11.9. The third-order valence-corrected chi connectivity index (χ3v) is 3.58. The molecule has 0 amide bonds. The molecule has 4 rings (SSSR count). The van der Waals surface area contributed by atoms with Crippen LogP contribution in [0.5, 0.6) is 0 Å². The van der Waals surface area contributed by atoms with Crippen molar-refractivity contribution in [1.82, 2.24) is 29.6 Å². The van der Waals surface area contributed by atoms with E-state index < -0.39 is 0 Å². The zero-order valence-electron chi connectivity index (χ0n) is 12.7. The van der Waals surface area contributed by atoms with E-state index in [1.807, 2.05) is 23.0 Å². The van der Waals surface area contributed by atoms with Crippen LogP contribution in [0.3, 0.4) is 0 Å². The van der Waals surface area contributed by atoms with E-state index in [1.54, 1.807) is 30.5 Å². The van der Waals surface area contributed by atoms with Gasteiger partial charge in [0.2, 0.25) is 0 Å². The molecule has 0 saturated heterocycles. The third-order valence-electron chi connectivity index (χ3n) is 3.58. The number of hydrogen-bond acceptors (Lipinski definition) is 5. The first-order valence-corrected chi connectivity index (χ1v) is 7.50. The summed E-state index contributed by atoms with van der Waals surface area (Å²) in [5.74, 6) is 0.677. The second-order valence-corrected chi connectivity index (χ2v) is 5.19. The quantitative estimate of drug-likeness (QED) is 0.610. The topological polar surface area (TPSA) is 72.9 Å². The lowest BCUT2D eigenvalue weighted by atomic mass is 10.2. The Bertz CT molecular complexity index is 962. The number of rotatable bonds is 5. The average molecular weight is 323 g/mol. The zero-order chi connectivity index (χ0) is 16.4. The largest absolute Gasteiger partial charge is 0.367 e. The lowest BCUT2D eigenvalue weighted by molar-refractivity contribution is 0.628. The Hall–Kier alpha value is -3.29. The summed E-state index contributed by atoms with van der Waals surface area (Å²) >= 11 is 0. The molecule has 0 spiro atoms. The van der Waals surface area contributed by atoms with Crippen molar-refractivity contribution in [2.75, 3.05) is 11.9 Å². The molecule has 120 valence electrons. The highest BCUT2D eigenvalue weighted by Crippen LogP contribution is 2.21. The summed E-state index contributed by atoms with van der Waals surface area (Å²) < 4.78 is 17.4. The minimum Gasteiger partial charge on any atom is -0.367 e. The van der Waals surface area contributed by atoms with E-state index in [0.29, 0.717) is 29.4 Å². The van der Waals surface area contributed by atoms with Crippen LogP contribution in [0, 0.1) is 5.82 Å². The molecule has 4 aromatic rings. The van der Waals surface area contributed by atoms with Crippen molar-refractivity contribution in [3.05, 3.63) is 60.7 Å². The van der Waals surface area contributed by atoms with Crippen LogP contribution < -0.4 is 5.32 Å². The van der Waals surface area contributed by atoms with E-state index in [1.165, 1.54) is 10.6 Å². The Kier molecular flexibility index (Phi) is 3.62. The first-order chi connectivity index (χ1) is 11.8. The van der Waals surface area contributed by atoms with E-state index in [-0.39, 0.29) is 5.82 Å². The fourth-order valence-corrected chi connectivity index (χ4v) is 2.42. The normalized spacial score (nSPS) is 11.0. The Labute approximate surface area is 136 Å². The summed E-state index contributed by atoms with van der Waals surface area (Å²) in [5.41, 5.74) is 0.928. The molecule has 3 heterocycles. The Morgan fingerprint density at radius 2 is 1.96 bits per heavy atom. The van der Waals surface area contributed by atoms with Crippen molar-refractivity contribution in [1.29, 1.82) is 0 Å². The molecule has 8 heteroatoms. The molecule has 3 aromatic heterocycles. The van der Waals surface area contributed by atoms with Crippen LogP contribution in [0.25, 0.3) is 17.0 Å². The number of benzene rings is 1. The van der Waals surface area contributed by atoms with Gasteiger partial charge in [-0.1, -0.05) is 12.1 Å². The summed E-state index contributed by atoms with van der Waals surface area (Å²) in [5, 5.41) is 19.9. The summed E-state index contributed by atoms with van der Waals surface area (Å²) in [6.45, 7) is 1.38. The number of hydrogen-bond donors (Lipinski definition) is 1. The van der Waals surface area contributed by atoms with Crippen molar-refractivity contribution in [2.45, 2.75) is 6.54 Å². The molecule has 0 aliphatic carbocycles. The van der Waals surface area contributed by atoms with Crippen LogP contribution in [0.1, 0.15) is 0 Å². The molecule has 0 atom stereocenters. The van der Waals surface area contributed by atoms with Gasteiger partial charge in [-0.05, 0) is 30.3 Å². The van der Waals surface area contributed by atoms with Crippen molar-refractivity contribution in [2.24, 2.45) is 0 Å². The monoisotopic (exact) mass is 323 g/mol. The van der Waals surface area contributed by atoms with Crippen LogP contribution in [0.15, 0.2) is 54.9 Å². The number of anilines is 1. The standard InChI is InChI=1S/C16H14FN7/c17-13-5-2-1-4-12(13)16-21-20-15-7-6-14(22-24(15)16)18-9-11-23-10-3-8-19-23/h1-8,10H,9,11H2,(H,18,22). The lowest BCUT2D eigenvalue weighted by Crippen LogP contribution is -2.12. The van der Waals surface area contributed by atoms with Gasteiger partial charge in [-0.2, -0.15) is 9.61 Å². The number of nitrogens with zero attached hydrogens (tertiary/aromatic N) is 6. The fraction of sp³-hybridized carbons (Fsp3) is 0.125. The molecule has 0 aliphatic heterocycles. The lowest BCUT2D eigenvalue weighted by Gasteiger charge is -2.07. The van der Waals surface area contributed by atoms with Crippen LogP contribution in [-0.2, 0) is 6.54 Å². The van der Waals surface area contributed by atoms with E-state index >= 15 is 0 Å². The molecule has 7 nitrogen and oxygen atoms in total. The average Bonchev–Trinajstić information content (AvgIpc) is 3.25. The maximum atomic E-state index is 14.0. The highest BCUT2D eigenvalue weighted by atomic mass is 19.1. The second kappa shape index (κ2) is 6.07. The minimum atomic E-state index is -0.356. The maximum Gasteiger partial charge on any atom is 0.188 e. The van der Waals surface area contributed by atoms with Crippen LogP contribution in [0.4, 0.5) is 10.2 Å². The Balaban J connectivity index is 1.60. The smallest absolute Gasteiger partial charge is 0.188 e. The Morgan fingerprint density at radius 3 is 2.79 bits per heavy atom. The summed E-state index contributed by atoms with van der Waals surface area (Å²) in [7, 11) is 0. The number of halogens is 1. The van der Waals surface area contributed by atoms with Gasteiger partial charge in [0.15, 0.2) is 11.5 Å². The van der Waals surface area contributed by atoms with Gasteiger partial charge < -0.3 is 5.32 Å². The van der Waals surface area contributed by atoms with Crippen molar-refractivity contribution in [3.63, 3.8) is 0 Å². The predicted molar refractivity (Wildman–Crippen MR) is 86.9 cm³/mol. The van der Waals surface area contributed by atoms with Crippen molar-refractivity contribution in [3.8, 4) is 11.4 Å². The highest BCUT2D eigenvalue weighted by molar-refractivity contribution is 5.60. The van der Waals surface area contributed by atoms with Crippen LogP contribution >= 0.6 is 0 Å².